The molecule has 5 nitrogen and oxygen atoms in total. The topological polar surface area (TPSA) is 51.0 Å². The van der Waals surface area contributed by atoms with Crippen molar-refractivity contribution < 1.29 is 13.6 Å². The number of carbonyl (C=O) groups excluding carboxylic acids is 1. The molecule has 1 aromatic carbocycles. The van der Waals surface area contributed by atoms with Gasteiger partial charge >= 0.3 is 0 Å². The van der Waals surface area contributed by atoms with Crippen LogP contribution in [0.5, 0.6) is 0 Å². The second kappa shape index (κ2) is 5.91. The zero-order chi connectivity index (χ0) is 17.6. The Kier molecular flexibility index (Phi) is 3.71. The normalized spacial score (nSPS) is 14.0. The van der Waals surface area contributed by atoms with Crippen LogP contribution in [0, 0.1) is 18.6 Å². The molecule has 0 radical (unpaired) electrons. The molecule has 0 aliphatic carbocycles. The average Bonchev–Trinajstić information content (AvgIpc) is 3.00. The molecular weight excluding hydrogens is 326 g/mol. The Bertz CT molecular complexity index is 983. The van der Waals surface area contributed by atoms with Gasteiger partial charge in [0.2, 0.25) is 5.91 Å². The highest BCUT2D eigenvalue weighted by Gasteiger charge is 2.25. The van der Waals surface area contributed by atoms with Gasteiger partial charge in [0.25, 0.3) is 0 Å². The van der Waals surface area contributed by atoms with Crippen LogP contribution in [0.15, 0.2) is 30.6 Å². The summed E-state index contributed by atoms with van der Waals surface area (Å²) in [6.07, 6.45) is 3.90. The maximum absolute atomic E-state index is 14.0. The first-order valence-electron chi connectivity index (χ1n) is 8.04. The van der Waals surface area contributed by atoms with E-state index in [0.29, 0.717) is 18.6 Å². The van der Waals surface area contributed by atoms with E-state index in [1.54, 1.807) is 18.5 Å². The number of carbonyl (C=O) groups is 1. The molecule has 0 bridgehead atoms. The third-order valence-corrected chi connectivity index (χ3v) is 4.54. The Labute approximate surface area is 142 Å². The number of pyridine rings is 1. The summed E-state index contributed by atoms with van der Waals surface area (Å²) in [7, 11) is 0. The van der Waals surface area contributed by atoms with Crippen LogP contribution >= 0.6 is 0 Å². The number of fused-ring (bicyclic) bond motifs is 2. The summed E-state index contributed by atoms with van der Waals surface area (Å²) in [5.74, 6) is -1.94. The smallest absolute Gasteiger partial charge is 0.244 e. The molecule has 0 N–H and O–H groups in total. The summed E-state index contributed by atoms with van der Waals surface area (Å²) in [5.41, 5.74) is 2.67. The van der Waals surface area contributed by atoms with Gasteiger partial charge in [0, 0.05) is 30.2 Å². The summed E-state index contributed by atoms with van der Waals surface area (Å²) in [6, 6.07) is 4.67. The first-order chi connectivity index (χ1) is 12.0. The zero-order valence-electron chi connectivity index (χ0n) is 13.7. The van der Waals surface area contributed by atoms with Gasteiger partial charge in [-0.1, -0.05) is 6.07 Å². The lowest BCUT2D eigenvalue weighted by Gasteiger charge is -2.29. The summed E-state index contributed by atoms with van der Waals surface area (Å²) in [4.78, 5) is 18.5. The number of benzene rings is 1. The number of hydrogen-bond donors (Lipinski definition) is 0. The van der Waals surface area contributed by atoms with Crippen LogP contribution in [0.4, 0.5) is 8.78 Å². The molecule has 1 amide bonds. The van der Waals surface area contributed by atoms with Gasteiger partial charge in [-0.15, -0.1) is 0 Å². The minimum absolute atomic E-state index is 0.0197. The van der Waals surface area contributed by atoms with Crippen molar-refractivity contribution in [3.05, 3.63) is 58.9 Å². The van der Waals surface area contributed by atoms with Gasteiger partial charge in [-0.3, -0.25) is 4.79 Å². The molecule has 0 saturated carbocycles. The summed E-state index contributed by atoms with van der Waals surface area (Å²) < 4.78 is 29.0. The van der Waals surface area contributed by atoms with Gasteiger partial charge in [-0.25, -0.2) is 18.4 Å². The van der Waals surface area contributed by atoms with Crippen molar-refractivity contribution in [3.8, 4) is 0 Å². The van der Waals surface area contributed by atoms with Crippen molar-refractivity contribution in [2.45, 2.75) is 26.4 Å². The monoisotopic (exact) mass is 342 g/mol. The number of halogens is 2. The highest BCUT2D eigenvalue weighted by Crippen LogP contribution is 2.24. The Morgan fingerprint density at radius 2 is 2.12 bits per heavy atom. The Hall–Kier alpha value is -2.83. The Morgan fingerprint density at radius 3 is 2.96 bits per heavy atom. The number of aromatic nitrogens is 3. The van der Waals surface area contributed by atoms with Crippen molar-refractivity contribution in [1.29, 1.82) is 0 Å². The molecule has 3 aromatic rings. The van der Waals surface area contributed by atoms with Gasteiger partial charge < -0.3 is 4.90 Å². The van der Waals surface area contributed by atoms with E-state index in [2.05, 4.69) is 10.1 Å². The minimum Gasteiger partial charge on any atom is -0.336 e. The molecule has 0 fully saturated rings. The fourth-order valence-corrected chi connectivity index (χ4v) is 3.20. The molecule has 0 saturated heterocycles. The third kappa shape index (κ3) is 2.75. The summed E-state index contributed by atoms with van der Waals surface area (Å²) in [6.45, 7) is 2.51. The molecule has 4 rings (SSSR count). The quantitative estimate of drug-likeness (QED) is 0.719. The van der Waals surface area contributed by atoms with E-state index < -0.39 is 11.6 Å². The van der Waals surface area contributed by atoms with Gasteiger partial charge in [0.1, 0.15) is 6.54 Å². The first kappa shape index (κ1) is 15.7. The van der Waals surface area contributed by atoms with Gasteiger partial charge in [0.15, 0.2) is 17.3 Å². The summed E-state index contributed by atoms with van der Waals surface area (Å²) >= 11 is 0. The predicted octanol–water partition coefficient (Wildman–Crippen LogP) is 2.60. The predicted molar refractivity (Wildman–Crippen MR) is 87.7 cm³/mol. The second-order valence-electron chi connectivity index (χ2n) is 6.29. The average molecular weight is 342 g/mol. The van der Waals surface area contributed by atoms with Crippen LogP contribution in [-0.2, 0) is 24.3 Å². The van der Waals surface area contributed by atoms with Crippen LogP contribution in [0.3, 0.4) is 0 Å². The van der Waals surface area contributed by atoms with E-state index in [0.717, 1.165) is 22.6 Å². The fourth-order valence-electron chi connectivity index (χ4n) is 3.20. The molecular formula is C18H16F2N4O. The number of hydrogen-bond acceptors (Lipinski definition) is 3. The molecule has 1 aliphatic rings. The number of nitrogens with zero attached hydrogens (tertiary/aromatic N) is 4. The van der Waals surface area contributed by atoms with Crippen LogP contribution < -0.4 is 0 Å². The van der Waals surface area contributed by atoms with Gasteiger partial charge in [0.05, 0.1) is 6.20 Å². The van der Waals surface area contributed by atoms with Crippen molar-refractivity contribution >= 4 is 16.9 Å². The first-order valence-corrected chi connectivity index (χ1v) is 8.04. The molecule has 0 unspecified atom stereocenters. The van der Waals surface area contributed by atoms with E-state index in [-0.39, 0.29) is 24.6 Å². The van der Waals surface area contributed by atoms with Crippen molar-refractivity contribution in [2.75, 3.05) is 6.54 Å². The highest BCUT2D eigenvalue weighted by molar-refractivity contribution is 5.80. The second-order valence-corrected chi connectivity index (χ2v) is 6.29. The molecule has 2 aromatic heterocycles. The molecule has 3 heterocycles. The third-order valence-electron chi connectivity index (χ3n) is 4.54. The van der Waals surface area contributed by atoms with Crippen LogP contribution in [0.2, 0.25) is 0 Å². The Balaban J connectivity index is 1.56. The fraction of sp³-hybridized carbons (Fsp3) is 0.278. The summed E-state index contributed by atoms with van der Waals surface area (Å²) in [5, 5.41) is 5.09. The number of amides is 1. The zero-order valence-corrected chi connectivity index (χ0v) is 13.7. The lowest BCUT2D eigenvalue weighted by atomic mass is 9.99. The minimum atomic E-state index is -0.884. The molecule has 0 atom stereocenters. The molecule has 1 aliphatic heterocycles. The molecule has 25 heavy (non-hydrogen) atoms. The lowest BCUT2D eigenvalue weighted by Crippen LogP contribution is -2.38. The maximum Gasteiger partial charge on any atom is 0.244 e. The van der Waals surface area contributed by atoms with Crippen molar-refractivity contribution in [2.24, 2.45) is 0 Å². The van der Waals surface area contributed by atoms with E-state index in [9.17, 15) is 13.6 Å². The van der Waals surface area contributed by atoms with Crippen LogP contribution in [-0.4, -0.2) is 32.1 Å². The molecule has 0 spiro atoms. The van der Waals surface area contributed by atoms with E-state index in [4.69, 9.17) is 0 Å². The van der Waals surface area contributed by atoms with Gasteiger partial charge in [-0.2, -0.15) is 5.10 Å². The number of aryl methyl sites for hydroxylation is 1. The lowest BCUT2D eigenvalue weighted by molar-refractivity contribution is -0.132. The molecule has 7 heteroatoms. The van der Waals surface area contributed by atoms with E-state index in [1.165, 1.54) is 9.58 Å². The largest absolute Gasteiger partial charge is 0.336 e. The maximum atomic E-state index is 14.0. The van der Waals surface area contributed by atoms with Crippen LogP contribution in [0.1, 0.15) is 16.7 Å². The van der Waals surface area contributed by atoms with Crippen molar-refractivity contribution in [1.82, 2.24) is 19.7 Å². The van der Waals surface area contributed by atoms with E-state index in [1.807, 2.05) is 13.0 Å². The van der Waals surface area contributed by atoms with Crippen LogP contribution in [0.25, 0.3) is 11.0 Å². The highest BCUT2D eigenvalue weighted by atomic mass is 19.2. The Morgan fingerprint density at radius 1 is 1.28 bits per heavy atom. The SMILES string of the molecule is Cc1cnc2c(cnn2CC(=O)N2CCc3ccc(F)c(F)c3C2)c1. The standard InChI is InChI=1S/C18H16F2N4O/c1-11-6-13-8-22-24(18(13)21-7-11)10-16(25)23-5-4-12-2-3-15(19)17(20)14(12)9-23/h2-3,6-8H,4-5,9-10H2,1H3. The number of rotatable bonds is 2. The molecule has 128 valence electrons. The van der Waals surface area contributed by atoms with E-state index >= 15 is 0 Å². The van der Waals surface area contributed by atoms with Gasteiger partial charge in [-0.05, 0) is 36.6 Å². The van der Waals surface area contributed by atoms with Crippen molar-refractivity contribution in [3.63, 3.8) is 0 Å².